The van der Waals surface area contributed by atoms with Crippen molar-refractivity contribution in [3.8, 4) is 5.69 Å². The van der Waals surface area contributed by atoms with Crippen LogP contribution >= 0.6 is 23.2 Å². The van der Waals surface area contributed by atoms with Crippen LogP contribution in [-0.4, -0.2) is 16.7 Å². The lowest BCUT2D eigenvalue weighted by molar-refractivity contribution is 0.0955. The van der Waals surface area contributed by atoms with Crippen molar-refractivity contribution in [1.82, 2.24) is 9.99 Å². The van der Waals surface area contributed by atoms with E-state index in [1.165, 1.54) is 6.21 Å². The Bertz CT molecular complexity index is 956. The second-order valence-corrected chi connectivity index (χ2v) is 6.71. The van der Waals surface area contributed by atoms with Crippen molar-refractivity contribution in [2.45, 2.75) is 13.8 Å². The molecule has 0 bridgehead atoms. The zero-order valence-corrected chi connectivity index (χ0v) is 15.8. The lowest BCUT2D eigenvalue weighted by Crippen LogP contribution is -2.17. The zero-order chi connectivity index (χ0) is 18.7. The van der Waals surface area contributed by atoms with E-state index in [0.717, 1.165) is 17.1 Å². The van der Waals surface area contributed by atoms with Gasteiger partial charge in [0.15, 0.2) is 0 Å². The van der Waals surface area contributed by atoms with Gasteiger partial charge in [-0.3, -0.25) is 4.79 Å². The molecule has 0 saturated carbocycles. The number of aryl methyl sites for hydroxylation is 2. The Balaban J connectivity index is 1.69. The fraction of sp³-hybridized carbons (Fsp3) is 0.100. The summed E-state index contributed by atoms with van der Waals surface area (Å²) in [7, 11) is 0. The number of rotatable bonds is 4. The quantitative estimate of drug-likeness (QED) is 0.488. The Morgan fingerprint density at radius 1 is 1.00 bits per heavy atom. The fourth-order valence-electron chi connectivity index (χ4n) is 2.67. The maximum Gasteiger partial charge on any atom is 0.271 e. The molecule has 1 amide bonds. The number of hydrazone groups is 1. The molecule has 6 heteroatoms. The fourth-order valence-corrected chi connectivity index (χ4v) is 3.13. The number of carbonyl (C=O) groups excluding carboxylic acids is 1. The standard InChI is InChI=1S/C20H17Cl2N3O/c1-13-3-4-14(2)25(13)18-9-6-15(7-10-18)20(26)24-23-12-16-5-8-17(21)11-19(16)22/h3-12H,1-2H3,(H,24,26). The third-order valence-electron chi connectivity index (χ3n) is 3.99. The number of benzene rings is 2. The molecule has 0 saturated heterocycles. The molecule has 0 fully saturated rings. The van der Waals surface area contributed by atoms with Crippen LogP contribution in [-0.2, 0) is 0 Å². The maximum atomic E-state index is 12.2. The number of hydrogen-bond acceptors (Lipinski definition) is 2. The van der Waals surface area contributed by atoms with Crippen LogP contribution in [0.5, 0.6) is 0 Å². The summed E-state index contributed by atoms with van der Waals surface area (Å²) < 4.78 is 2.13. The summed E-state index contributed by atoms with van der Waals surface area (Å²) >= 11 is 11.9. The molecule has 3 rings (SSSR count). The molecule has 1 N–H and O–H groups in total. The molecule has 0 spiro atoms. The molecule has 0 unspecified atom stereocenters. The number of amides is 1. The van der Waals surface area contributed by atoms with Crippen LogP contribution < -0.4 is 5.43 Å². The minimum atomic E-state index is -0.293. The van der Waals surface area contributed by atoms with Crippen molar-refractivity contribution in [3.05, 3.63) is 87.2 Å². The van der Waals surface area contributed by atoms with E-state index >= 15 is 0 Å². The van der Waals surface area contributed by atoms with Gasteiger partial charge in [-0.25, -0.2) is 5.43 Å². The first-order valence-corrected chi connectivity index (χ1v) is 8.75. The summed E-state index contributed by atoms with van der Waals surface area (Å²) in [6.45, 7) is 4.09. The van der Waals surface area contributed by atoms with Gasteiger partial charge < -0.3 is 4.57 Å². The Morgan fingerprint density at radius 3 is 2.27 bits per heavy atom. The van der Waals surface area contributed by atoms with Crippen LogP contribution in [0.25, 0.3) is 5.69 Å². The normalized spacial score (nSPS) is 11.1. The molecule has 1 heterocycles. The van der Waals surface area contributed by atoms with Gasteiger partial charge >= 0.3 is 0 Å². The van der Waals surface area contributed by atoms with Gasteiger partial charge in [-0.1, -0.05) is 29.3 Å². The molecule has 0 radical (unpaired) electrons. The summed E-state index contributed by atoms with van der Waals surface area (Å²) in [6.07, 6.45) is 1.48. The Hall–Kier alpha value is -2.56. The van der Waals surface area contributed by atoms with Crippen LogP contribution in [0.1, 0.15) is 27.3 Å². The predicted octanol–water partition coefficient (Wildman–Crippen LogP) is 5.16. The lowest BCUT2D eigenvalue weighted by atomic mass is 10.2. The minimum absolute atomic E-state index is 0.293. The molecule has 1 aromatic heterocycles. The highest BCUT2D eigenvalue weighted by Crippen LogP contribution is 2.19. The van der Waals surface area contributed by atoms with E-state index in [-0.39, 0.29) is 5.91 Å². The first kappa shape index (κ1) is 18.2. The summed E-state index contributed by atoms with van der Waals surface area (Å²) in [6, 6.07) is 16.6. The van der Waals surface area contributed by atoms with Gasteiger partial charge in [0.25, 0.3) is 5.91 Å². The van der Waals surface area contributed by atoms with Gasteiger partial charge in [-0.15, -0.1) is 0 Å². The smallest absolute Gasteiger partial charge is 0.271 e. The molecule has 26 heavy (non-hydrogen) atoms. The van der Waals surface area contributed by atoms with Gasteiger partial charge in [-0.2, -0.15) is 5.10 Å². The highest BCUT2D eigenvalue weighted by molar-refractivity contribution is 6.36. The van der Waals surface area contributed by atoms with E-state index in [1.807, 2.05) is 26.0 Å². The monoisotopic (exact) mass is 385 g/mol. The van der Waals surface area contributed by atoms with Crippen LogP contribution in [0.15, 0.2) is 59.7 Å². The summed E-state index contributed by atoms with van der Waals surface area (Å²) in [5, 5.41) is 4.97. The van der Waals surface area contributed by atoms with Gasteiger partial charge in [-0.05, 0) is 62.4 Å². The van der Waals surface area contributed by atoms with Gasteiger partial charge in [0, 0.05) is 33.2 Å². The molecule has 132 valence electrons. The first-order valence-electron chi connectivity index (χ1n) is 7.99. The van der Waals surface area contributed by atoms with E-state index in [1.54, 1.807) is 30.3 Å². The minimum Gasteiger partial charge on any atom is -0.319 e. The van der Waals surface area contributed by atoms with Crippen molar-refractivity contribution in [2.75, 3.05) is 0 Å². The summed E-state index contributed by atoms with van der Waals surface area (Å²) in [5.74, 6) is -0.293. The maximum absolute atomic E-state index is 12.2. The van der Waals surface area contributed by atoms with Crippen molar-refractivity contribution < 1.29 is 4.79 Å². The molecular weight excluding hydrogens is 369 g/mol. The Kier molecular flexibility index (Phi) is 5.45. The predicted molar refractivity (Wildman–Crippen MR) is 107 cm³/mol. The lowest BCUT2D eigenvalue weighted by Gasteiger charge is -2.10. The number of halogens is 2. The second kappa shape index (κ2) is 7.77. The molecule has 2 aromatic carbocycles. The average molecular weight is 386 g/mol. The Labute approximate surface area is 162 Å². The Morgan fingerprint density at radius 2 is 1.65 bits per heavy atom. The van der Waals surface area contributed by atoms with Crippen molar-refractivity contribution >= 4 is 35.3 Å². The number of hydrogen-bond donors (Lipinski definition) is 1. The third-order valence-corrected chi connectivity index (χ3v) is 4.55. The molecule has 0 aliphatic rings. The van der Waals surface area contributed by atoms with E-state index < -0.39 is 0 Å². The van der Waals surface area contributed by atoms with Gasteiger partial charge in [0.05, 0.1) is 11.2 Å². The molecule has 0 atom stereocenters. The van der Waals surface area contributed by atoms with Crippen LogP contribution in [0, 0.1) is 13.8 Å². The molecule has 3 aromatic rings. The number of nitrogens with zero attached hydrogens (tertiary/aromatic N) is 2. The van der Waals surface area contributed by atoms with Crippen molar-refractivity contribution in [1.29, 1.82) is 0 Å². The molecule has 4 nitrogen and oxygen atoms in total. The molecular formula is C20H17Cl2N3O. The average Bonchev–Trinajstić information content (AvgIpc) is 2.95. The van der Waals surface area contributed by atoms with Crippen molar-refractivity contribution in [2.24, 2.45) is 5.10 Å². The highest BCUT2D eigenvalue weighted by atomic mass is 35.5. The van der Waals surface area contributed by atoms with Crippen molar-refractivity contribution in [3.63, 3.8) is 0 Å². The third kappa shape index (κ3) is 3.98. The molecule has 0 aliphatic heterocycles. The summed E-state index contributed by atoms with van der Waals surface area (Å²) in [5.41, 5.74) is 6.99. The second-order valence-electron chi connectivity index (χ2n) is 5.86. The van der Waals surface area contributed by atoms with E-state index in [0.29, 0.717) is 21.2 Å². The van der Waals surface area contributed by atoms with E-state index in [2.05, 4.69) is 27.2 Å². The SMILES string of the molecule is Cc1ccc(C)n1-c1ccc(C(=O)NN=Cc2ccc(Cl)cc2Cl)cc1. The van der Waals surface area contributed by atoms with Gasteiger partial charge in [0.1, 0.15) is 0 Å². The van der Waals surface area contributed by atoms with Crippen LogP contribution in [0.3, 0.4) is 0 Å². The summed E-state index contributed by atoms with van der Waals surface area (Å²) in [4.78, 5) is 12.2. The number of carbonyl (C=O) groups is 1. The number of aromatic nitrogens is 1. The molecule has 0 aliphatic carbocycles. The highest BCUT2D eigenvalue weighted by Gasteiger charge is 2.07. The van der Waals surface area contributed by atoms with Crippen LogP contribution in [0.2, 0.25) is 10.0 Å². The van der Waals surface area contributed by atoms with Gasteiger partial charge in [0.2, 0.25) is 0 Å². The van der Waals surface area contributed by atoms with Crippen LogP contribution in [0.4, 0.5) is 0 Å². The zero-order valence-electron chi connectivity index (χ0n) is 14.3. The number of nitrogens with one attached hydrogen (secondary N) is 1. The first-order chi connectivity index (χ1) is 12.5. The van der Waals surface area contributed by atoms with E-state index in [4.69, 9.17) is 23.2 Å². The largest absolute Gasteiger partial charge is 0.319 e. The topological polar surface area (TPSA) is 46.4 Å². The van der Waals surface area contributed by atoms with E-state index in [9.17, 15) is 4.79 Å².